The van der Waals surface area contributed by atoms with E-state index in [2.05, 4.69) is 31.6 Å². The zero-order valence-electron chi connectivity index (χ0n) is 31.8. The number of carbonyl (C=O) groups excluding carboxylic acids is 6. The molecule has 0 aromatic heterocycles. The fourth-order valence-corrected chi connectivity index (χ4v) is 5.10. The average Bonchev–Trinajstić information content (AvgIpc) is 3.15. The van der Waals surface area contributed by atoms with Crippen molar-refractivity contribution >= 4 is 58.3 Å². The molecule has 5 amide bonds. The van der Waals surface area contributed by atoms with Gasteiger partial charge in [-0.25, -0.2) is 0 Å². The second-order valence-electron chi connectivity index (χ2n) is 12.6. The van der Waals surface area contributed by atoms with Crippen LogP contribution in [0.15, 0.2) is 59.6 Å². The summed E-state index contributed by atoms with van der Waals surface area (Å²) in [4.78, 5) is 82.0. The fraction of sp³-hybridized carbons (Fsp3) is 0.342. The van der Waals surface area contributed by atoms with Gasteiger partial charge in [-0.2, -0.15) is 0 Å². The van der Waals surface area contributed by atoms with Gasteiger partial charge in [0, 0.05) is 29.5 Å². The van der Waals surface area contributed by atoms with E-state index in [4.69, 9.17) is 25.7 Å². The number of ketones is 1. The van der Waals surface area contributed by atoms with Crippen LogP contribution < -0.4 is 52.3 Å². The first-order valence-electron chi connectivity index (χ1n) is 17.2. The number of rotatable bonds is 18. The molecule has 0 aliphatic rings. The van der Waals surface area contributed by atoms with E-state index in [0.717, 1.165) is 0 Å². The number of hydrogen-bond donors (Lipinski definition) is 7. The maximum atomic E-state index is 13.7. The predicted octanol–water partition coefficient (Wildman–Crippen LogP) is 3.06. The molecule has 55 heavy (non-hydrogen) atoms. The number of hydrogen-bond acceptors (Lipinski definition) is 10. The van der Waals surface area contributed by atoms with Crippen molar-refractivity contribution in [3.8, 4) is 17.2 Å². The molecule has 0 saturated carbocycles. The maximum absolute atomic E-state index is 13.7. The second-order valence-corrected chi connectivity index (χ2v) is 12.6. The predicted molar refractivity (Wildman–Crippen MR) is 208 cm³/mol. The van der Waals surface area contributed by atoms with Crippen LogP contribution in [0.25, 0.3) is 0 Å². The number of amides is 5. The normalized spacial score (nSPS) is 11.6. The van der Waals surface area contributed by atoms with Crippen LogP contribution in [0.3, 0.4) is 0 Å². The summed E-state index contributed by atoms with van der Waals surface area (Å²) in [6.45, 7) is 6.49. The molecule has 0 unspecified atom stereocenters. The Morgan fingerprint density at radius 2 is 1.07 bits per heavy atom. The minimum absolute atomic E-state index is 0.00711. The summed E-state index contributed by atoms with van der Waals surface area (Å²) in [6, 6.07) is 11.3. The Bertz CT molecular complexity index is 1940. The van der Waals surface area contributed by atoms with E-state index in [-0.39, 0.29) is 70.4 Å². The summed E-state index contributed by atoms with van der Waals surface area (Å²) < 4.78 is 16.0. The van der Waals surface area contributed by atoms with E-state index in [1.165, 1.54) is 71.6 Å². The van der Waals surface area contributed by atoms with Crippen LogP contribution in [0.2, 0.25) is 0 Å². The Kier molecular flexibility index (Phi) is 15.5. The smallest absolute Gasteiger partial charge is 0.255 e. The SMILES string of the molecule is COc1ccc(NC(=O)[C@@H](CCCN=C(N)N)NC(=O)c2cc(NC(=O)[C@@H](C)NC(=O)c3cc(NC(=O)C(C)C)ccc3OC)ccc2OC)cc1C(C)=O. The molecule has 0 radical (unpaired) electrons. The number of nitrogens with one attached hydrogen (secondary N) is 5. The van der Waals surface area contributed by atoms with Crippen molar-refractivity contribution in [3.63, 3.8) is 0 Å². The van der Waals surface area contributed by atoms with Gasteiger partial charge in [-0.05, 0) is 81.3 Å². The zero-order chi connectivity index (χ0) is 40.8. The monoisotopic (exact) mass is 760 g/mol. The van der Waals surface area contributed by atoms with Crippen LogP contribution in [-0.2, 0) is 14.4 Å². The molecule has 0 spiro atoms. The van der Waals surface area contributed by atoms with Crippen molar-refractivity contribution in [2.45, 2.75) is 52.6 Å². The highest BCUT2D eigenvalue weighted by Crippen LogP contribution is 2.26. The van der Waals surface area contributed by atoms with Crippen molar-refractivity contribution < 1.29 is 43.0 Å². The van der Waals surface area contributed by atoms with Gasteiger partial charge in [-0.15, -0.1) is 0 Å². The molecule has 0 bridgehead atoms. The van der Waals surface area contributed by atoms with E-state index in [9.17, 15) is 28.8 Å². The Hall–Kier alpha value is -6.65. The number of carbonyl (C=O) groups is 6. The summed E-state index contributed by atoms with van der Waals surface area (Å²) in [7, 11) is 4.17. The van der Waals surface area contributed by atoms with E-state index >= 15 is 0 Å². The molecule has 0 saturated heterocycles. The fourth-order valence-electron chi connectivity index (χ4n) is 5.10. The van der Waals surface area contributed by atoms with Crippen LogP contribution in [0.5, 0.6) is 17.2 Å². The summed E-state index contributed by atoms with van der Waals surface area (Å²) >= 11 is 0. The van der Waals surface area contributed by atoms with Gasteiger partial charge in [-0.3, -0.25) is 33.8 Å². The van der Waals surface area contributed by atoms with Crippen molar-refractivity contribution in [3.05, 3.63) is 71.3 Å². The number of nitrogens with zero attached hydrogens (tertiary/aromatic N) is 1. The van der Waals surface area contributed by atoms with Crippen molar-refractivity contribution in [1.82, 2.24) is 10.6 Å². The first-order valence-corrected chi connectivity index (χ1v) is 17.2. The molecule has 3 aromatic carbocycles. The number of anilines is 3. The molecule has 0 fully saturated rings. The summed E-state index contributed by atoms with van der Waals surface area (Å²) in [5.41, 5.74) is 12.1. The summed E-state index contributed by atoms with van der Waals surface area (Å²) in [5, 5.41) is 13.5. The van der Waals surface area contributed by atoms with Gasteiger partial charge < -0.3 is 52.3 Å². The third kappa shape index (κ3) is 12.2. The van der Waals surface area contributed by atoms with Crippen LogP contribution >= 0.6 is 0 Å². The zero-order valence-corrected chi connectivity index (χ0v) is 31.8. The Labute approximate surface area is 318 Å². The van der Waals surface area contributed by atoms with E-state index in [1.807, 2.05) is 0 Å². The topological polar surface area (TPSA) is 255 Å². The molecule has 0 aliphatic heterocycles. The van der Waals surface area contributed by atoms with Crippen LogP contribution in [0, 0.1) is 5.92 Å². The molecule has 3 rings (SSSR count). The van der Waals surface area contributed by atoms with Gasteiger partial charge in [0.25, 0.3) is 11.8 Å². The van der Waals surface area contributed by atoms with Gasteiger partial charge in [0.15, 0.2) is 11.7 Å². The standard InChI is InChI=1S/C38H48N8O9/c1-20(2)33(48)43-24-11-14-31(54-6)27(18-24)35(50)42-21(3)34(49)44-25-12-15-32(55-7)28(19-25)36(51)46-29(9-8-16-41-38(39)40)37(52)45-23-10-13-30(53-5)26(17-23)22(4)47/h10-15,17-21,29H,8-9,16H2,1-7H3,(H,42,50)(H,43,48)(H,44,49)(H,45,52)(H,46,51)(H4,39,40,41)/t21-,29-/m1/s1. The lowest BCUT2D eigenvalue weighted by atomic mass is 10.1. The number of nitrogens with two attached hydrogens (primary N) is 2. The minimum atomic E-state index is -1.10. The number of benzene rings is 3. The lowest BCUT2D eigenvalue weighted by molar-refractivity contribution is -0.119. The van der Waals surface area contributed by atoms with Crippen molar-refractivity contribution in [2.75, 3.05) is 43.8 Å². The molecular weight excluding hydrogens is 712 g/mol. The maximum Gasteiger partial charge on any atom is 0.255 e. The van der Waals surface area contributed by atoms with E-state index in [1.54, 1.807) is 32.0 Å². The lowest BCUT2D eigenvalue weighted by Crippen LogP contribution is -2.44. The number of Topliss-reactive ketones (excluding diaryl/α,β-unsaturated/α-hetero) is 1. The number of ether oxygens (including phenoxy) is 3. The molecule has 9 N–H and O–H groups in total. The molecular formula is C38H48N8O9. The van der Waals surface area contributed by atoms with Gasteiger partial charge >= 0.3 is 0 Å². The van der Waals surface area contributed by atoms with Crippen molar-refractivity contribution in [1.29, 1.82) is 0 Å². The first kappa shape index (κ1) is 42.8. The van der Waals surface area contributed by atoms with Gasteiger partial charge in [0.05, 0.1) is 38.0 Å². The third-order valence-corrected chi connectivity index (χ3v) is 8.10. The highest BCUT2D eigenvalue weighted by atomic mass is 16.5. The molecule has 17 nitrogen and oxygen atoms in total. The molecule has 0 heterocycles. The number of methoxy groups -OCH3 is 3. The van der Waals surface area contributed by atoms with Crippen LogP contribution in [-0.4, -0.2) is 81.2 Å². The molecule has 294 valence electrons. The van der Waals surface area contributed by atoms with Crippen molar-refractivity contribution in [2.24, 2.45) is 22.4 Å². The quantitative estimate of drug-likeness (QED) is 0.0429. The molecule has 3 aromatic rings. The van der Waals surface area contributed by atoms with Gasteiger partial charge in [-0.1, -0.05) is 13.8 Å². The van der Waals surface area contributed by atoms with Crippen LogP contribution in [0.1, 0.15) is 71.6 Å². The Morgan fingerprint density at radius 1 is 0.636 bits per heavy atom. The third-order valence-electron chi connectivity index (χ3n) is 8.10. The second kappa shape index (κ2) is 20.0. The van der Waals surface area contributed by atoms with Crippen LogP contribution in [0.4, 0.5) is 17.1 Å². The average molecular weight is 761 g/mol. The largest absolute Gasteiger partial charge is 0.496 e. The van der Waals surface area contributed by atoms with Gasteiger partial charge in [0.2, 0.25) is 17.7 Å². The molecule has 0 aliphatic carbocycles. The number of aliphatic imine (C=N–C) groups is 1. The first-order chi connectivity index (χ1) is 26.1. The Morgan fingerprint density at radius 3 is 1.53 bits per heavy atom. The molecule has 2 atom stereocenters. The summed E-state index contributed by atoms with van der Waals surface area (Å²) in [6.07, 6.45) is 0.439. The Balaban J connectivity index is 1.79. The number of guanidine groups is 1. The lowest BCUT2D eigenvalue weighted by Gasteiger charge is -2.20. The van der Waals surface area contributed by atoms with Gasteiger partial charge in [0.1, 0.15) is 29.3 Å². The molecule has 17 heteroatoms. The van der Waals surface area contributed by atoms with E-state index in [0.29, 0.717) is 23.5 Å². The summed E-state index contributed by atoms with van der Waals surface area (Å²) in [5.74, 6) is -2.76. The highest BCUT2D eigenvalue weighted by Gasteiger charge is 2.25. The highest BCUT2D eigenvalue weighted by molar-refractivity contribution is 6.06. The minimum Gasteiger partial charge on any atom is -0.496 e. The van der Waals surface area contributed by atoms with E-state index < -0.39 is 35.7 Å².